The fraction of sp³-hybridized carbons (Fsp3) is 0.0625. The Morgan fingerprint density at radius 3 is 2.19 bits per heavy atom. The Bertz CT molecular complexity index is 870. The molecule has 2 rings (SSSR count). The van der Waals surface area contributed by atoms with Crippen LogP contribution in [0.3, 0.4) is 0 Å². The number of ether oxygens (including phenoxy) is 2. The van der Waals surface area contributed by atoms with Gasteiger partial charge in [0.15, 0.2) is 5.70 Å². The molecule has 0 amide bonds. The summed E-state index contributed by atoms with van der Waals surface area (Å²) in [5.74, 6) is 2.90. The maximum Gasteiger partial charge on any atom is 0.573 e. The van der Waals surface area contributed by atoms with Crippen LogP contribution in [0.4, 0.5) is 13.2 Å². The van der Waals surface area contributed by atoms with E-state index in [1.54, 1.807) is 12.1 Å². The van der Waals surface area contributed by atoms with Gasteiger partial charge in [-0.2, -0.15) is 0 Å². The summed E-state index contributed by atoms with van der Waals surface area (Å²) in [6, 6.07) is 9.93. The highest BCUT2D eigenvalue weighted by Crippen LogP contribution is 2.34. The monoisotopic (exact) mass is 403 g/mol. The number of rotatable bonds is 6. The van der Waals surface area contributed by atoms with Crippen molar-refractivity contribution in [3.05, 3.63) is 59.1 Å². The summed E-state index contributed by atoms with van der Waals surface area (Å²) in [6.45, 7) is 0. The molecule has 0 fully saturated rings. The number of halogens is 4. The van der Waals surface area contributed by atoms with Crippen molar-refractivity contribution in [2.45, 2.75) is 6.36 Å². The van der Waals surface area contributed by atoms with Crippen molar-refractivity contribution in [3.63, 3.8) is 0 Å². The van der Waals surface area contributed by atoms with E-state index in [0.29, 0.717) is 11.1 Å². The number of carboxylic acid groups (broad SMARTS) is 1. The Balaban J connectivity index is 2.20. The second-order valence-electron chi connectivity index (χ2n) is 5.01. The van der Waals surface area contributed by atoms with Crippen LogP contribution >= 0.6 is 11.6 Å². The van der Waals surface area contributed by atoms with E-state index in [1.807, 2.05) is 5.43 Å². The lowest BCUT2D eigenvalue weighted by Gasteiger charge is -2.12. The Kier molecular flexibility index (Phi) is 6.03. The number of hydrazine groups is 1. The number of hydrogen-bond acceptors (Lipinski definition) is 6. The zero-order valence-corrected chi connectivity index (χ0v) is 14.1. The van der Waals surface area contributed by atoms with Crippen molar-refractivity contribution in [1.82, 2.24) is 5.43 Å². The molecule has 0 radical (unpaired) electrons. The number of aliphatic carboxylic acids is 1. The molecule has 0 saturated carbocycles. The third-order valence-corrected chi connectivity index (χ3v) is 3.47. The average Bonchev–Trinajstić information content (AvgIpc) is 2.56. The number of hydrogen-bond donors (Lipinski definition) is 4. The smallest absolute Gasteiger partial charge is 0.476 e. The van der Waals surface area contributed by atoms with Gasteiger partial charge < -0.3 is 25.7 Å². The maximum atomic E-state index is 12.3. The molecule has 0 aromatic heterocycles. The van der Waals surface area contributed by atoms with Gasteiger partial charge in [-0.05, 0) is 35.4 Å². The normalized spacial score (nSPS) is 12.2. The van der Waals surface area contributed by atoms with Gasteiger partial charge in [-0.25, -0.2) is 4.79 Å². The molecule has 144 valence electrons. The van der Waals surface area contributed by atoms with E-state index in [0.717, 1.165) is 6.07 Å². The molecule has 2 aromatic rings. The van der Waals surface area contributed by atoms with Crippen LogP contribution in [0, 0.1) is 0 Å². The highest BCUT2D eigenvalue weighted by molar-refractivity contribution is 6.32. The van der Waals surface area contributed by atoms with Gasteiger partial charge in [0.25, 0.3) is 0 Å². The van der Waals surface area contributed by atoms with Crippen LogP contribution in [0.2, 0.25) is 5.02 Å². The number of nitrogens with two attached hydrogens (primary N) is 2. The Morgan fingerprint density at radius 1 is 1.11 bits per heavy atom. The third-order valence-electron chi connectivity index (χ3n) is 3.18. The van der Waals surface area contributed by atoms with Crippen LogP contribution < -0.4 is 26.5 Å². The van der Waals surface area contributed by atoms with E-state index in [9.17, 15) is 18.0 Å². The van der Waals surface area contributed by atoms with Crippen molar-refractivity contribution in [2.75, 3.05) is 0 Å². The molecule has 0 aliphatic carbocycles. The first-order chi connectivity index (χ1) is 12.6. The predicted molar refractivity (Wildman–Crippen MR) is 90.4 cm³/mol. The summed E-state index contributed by atoms with van der Waals surface area (Å²) in [7, 11) is 0. The lowest BCUT2D eigenvalue weighted by Crippen LogP contribution is -2.31. The summed E-state index contributed by atoms with van der Waals surface area (Å²) < 4.78 is 45.8. The van der Waals surface area contributed by atoms with Gasteiger partial charge in [0, 0.05) is 0 Å². The van der Waals surface area contributed by atoms with Gasteiger partial charge in [0.1, 0.15) is 11.5 Å². The summed E-state index contributed by atoms with van der Waals surface area (Å²) >= 11 is 5.82. The summed E-state index contributed by atoms with van der Waals surface area (Å²) in [4.78, 5) is 10.9. The van der Waals surface area contributed by atoms with Crippen molar-refractivity contribution in [1.29, 1.82) is 0 Å². The van der Waals surface area contributed by atoms with Crippen molar-refractivity contribution in [2.24, 2.45) is 11.6 Å². The molecule has 0 spiro atoms. The van der Waals surface area contributed by atoms with Gasteiger partial charge in [-0.3, -0.25) is 5.84 Å². The molecule has 0 bridgehead atoms. The van der Waals surface area contributed by atoms with Crippen LogP contribution in [-0.4, -0.2) is 17.4 Å². The second kappa shape index (κ2) is 8.06. The molecule has 0 aliphatic rings. The number of alkyl halides is 3. The zero-order chi connectivity index (χ0) is 20.2. The fourth-order valence-electron chi connectivity index (χ4n) is 2.02. The van der Waals surface area contributed by atoms with E-state index < -0.39 is 29.7 Å². The van der Waals surface area contributed by atoms with Crippen LogP contribution in [0.5, 0.6) is 11.5 Å². The molecule has 27 heavy (non-hydrogen) atoms. The number of nitrogens with one attached hydrogen (secondary N) is 1. The van der Waals surface area contributed by atoms with E-state index in [4.69, 9.17) is 33.0 Å². The minimum Gasteiger partial charge on any atom is -0.476 e. The van der Waals surface area contributed by atoms with Gasteiger partial charge in [-0.15, -0.1) is 13.2 Å². The highest BCUT2D eigenvalue weighted by Gasteiger charge is 2.32. The minimum atomic E-state index is -4.84. The quantitative estimate of drug-likeness (QED) is 0.253. The van der Waals surface area contributed by atoms with Gasteiger partial charge >= 0.3 is 12.3 Å². The Morgan fingerprint density at radius 2 is 1.70 bits per heavy atom. The molecule has 7 nitrogen and oxygen atoms in total. The van der Waals surface area contributed by atoms with Crippen LogP contribution in [0.1, 0.15) is 0 Å². The maximum absolute atomic E-state index is 12.3. The van der Waals surface area contributed by atoms with Crippen molar-refractivity contribution < 1.29 is 32.5 Å². The average molecular weight is 404 g/mol. The van der Waals surface area contributed by atoms with Gasteiger partial charge in [0.2, 0.25) is 5.88 Å². The first-order valence-corrected chi connectivity index (χ1v) is 7.51. The van der Waals surface area contributed by atoms with E-state index >= 15 is 0 Å². The number of benzene rings is 2. The lowest BCUT2D eigenvalue weighted by molar-refractivity contribution is -0.274. The molecular weight excluding hydrogens is 391 g/mol. The predicted octanol–water partition coefficient (Wildman–Crippen LogP) is 2.96. The molecule has 2 aromatic carbocycles. The molecule has 0 unspecified atom stereocenters. The molecule has 6 N–H and O–H groups in total. The first kappa shape index (κ1) is 20.2. The van der Waals surface area contributed by atoms with E-state index in [2.05, 4.69) is 4.74 Å². The minimum absolute atomic E-state index is 0.211. The Hall–Kier alpha value is -3.11. The van der Waals surface area contributed by atoms with Crippen LogP contribution in [-0.2, 0) is 4.79 Å². The lowest BCUT2D eigenvalue weighted by atomic mass is 10.1. The zero-order valence-electron chi connectivity index (χ0n) is 13.4. The molecule has 0 heterocycles. The number of carboxylic acids is 1. The topological polar surface area (TPSA) is 120 Å². The molecule has 0 atom stereocenters. The van der Waals surface area contributed by atoms with Crippen molar-refractivity contribution in [3.8, 4) is 22.6 Å². The van der Waals surface area contributed by atoms with E-state index in [1.165, 1.54) is 24.3 Å². The molecule has 0 saturated heterocycles. The van der Waals surface area contributed by atoms with Gasteiger partial charge in [-0.1, -0.05) is 29.8 Å². The first-order valence-electron chi connectivity index (χ1n) is 7.14. The summed E-state index contributed by atoms with van der Waals surface area (Å²) in [6.07, 6.45) is -4.84. The number of carbonyl (C=O) groups is 1. The summed E-state index contributed by atoms with van der Waals surface area (Å²) in [5, 5.41) is 8.67. The molecule has 0 aliphatic heterocycles. The molecule has 11 heteroatoms. The third kappa shape index (κ3) is 5.43. The standard InChI is InChI=1S/C16H13ClF3N3O4/c17-11-7-9(3-6-12(11)27-16(18,19)20)8-1-4-10(5-2-8)26-14(21)13(23-22)15(24)25/h1-7,23H,21-22H2,(H,24,25)/b14-13+. The molecular formula is C16H13ClF3N3O4. The largest absolute Gasteiger partial charge is 0.573 e. The van der Waals surface area contributed by atoms with E-state index in [-0.39, 0.29) is 10.8 Å². The van der Waals surface area contributed by atoms with Gasteiger partial charge in [0.05, 0.1) is 5.02 Å². The highest BCUT2D eigenvalue weighted by atomic mass is 35.5. The summed E-state index contributed by atoms with van der Waals surface area (Å²) in [5.41, 5.74) is 8.04. The van der Waals surface area contributed by atoms with Crippen LogP contribution in [0.15, 0.2) is 54.0 Å². The second-order valence-corrected chi connectivity index (χ2v) is 5.42. The fourth-order valence-corrected chi connectivity index (χ4v) is 2.24. The SMILES string of the molecule is NN/C(C(=O)O)=C(\N)Oc1ccc(-c2ccc(OC(F)(F)F)c(Cl)c2)cc1. The van der Waals surface area contributed by atoms with Crippen molar-refractivity contribution >= 4 is 17.6 Å². The Labute approximate surface area is 155 Å². The van der Waals surface area contributed by atoms with Crippen LogP contribution in [0.25, 0.3) is 11.1 Å².